The molecule has 3 aromatic rings. The van der Waals surface area contributed by atoms with E-state index in [4.69, 9.17) is 20.9 Å². The van der Waals surface area contributed by atoms with Gasteiger partial charge in [-0.1, -0.05) is 16.8 Å². The molecule has 138 valence electrons. The summed E-state index contributed by atoms with van der Waals surface area (Å²) in [6.45, 7) is 1.47. The number of esters is 1. The van der Waals surface area contributed by atoms with Gasteiger partial charge in [0.25, 0.3) is 5.91 Å². The van der Waals surface area contributed by atoms with Crippen LogP contribution in [0.2, 0.25) is 5.02 Å². The molecule has 8 heteroatoms. The van der Waals surface area contributed by atoms with E-state index in [9.17, 15) is 9.59 Å². The molecule has 0 bridgehead atoms. The average Bonchev–Trinajstić information content (AvgIpc) is 3.10. The van der Waals surface area contributed by atoms with E-state index in [2.05, 4.69) is 10.1 Å². The molecule has 0 unspecified atom stereocenters. The third-order valence-electron chi connectivity index (χ3n) is 3.65. The summed E-state index contributed by atoms with van der Waals surface area (Å²) in [7, 11) is 1.63. The van der Waals surface area contributed by atoms with Crippen LogP contribution in [0.4, 0.5) is 0 Å². The molecule has 1 aromatic heterocycles. The standard InChI is InChI=1S/C19H16ClN3O4/c1-12(24)26-16-9-5-14(6-10-16)19(25)23(2)11-17-21-18(22-27-17)13-3-7-15(20)8-4-13/h3-10H,11H2,1-2H3. The van der Waals surface area contributed by atoms with E-state index in [0.29, 0.717) is 28.1 Å². The Labute approximate surface area is 160 Å². The first kappa shape index (κ1) is 18.6. The number of amides is 1. The molecular weight excluding hydrogens is 370 g/mol. The van der Waals surface area contributed by atoms with Gasteiger partial charge in [0.1, 0.15) is 5.75 Å². The summed E-state index contributed by atoms with van der Waals surface area (Å²) in [5, 5.41) is 4.54. The Bertz CT molecular complexity index is 952. The van der Waals surface area contributed by atoms with Crippen molar-refractivity contribution < 1.29 is 18.8 Å². The van der Waals surface area contributed by atoms with Gasteiger partial charge in [-0.25, -0.2) is 0 Å². The maximum absolute atomic E-state index is 12.5. The number of hydrogen-bond acceptors (Lipinski definition) is 6. The lowest BCUT2D eigenvalue weighted by Gasteiger charge is -2.14. The van der Waals surface area contributed by atoms with E-state index < -0.39 is 5.97 Å². The van der Waals surface area contributed by atoms with Crippen LogP contribution in [-0.4, -0.2) is 34.0 Å². The van der Waals surface area contributed by atoms with Gasteiger partial charge in [0.05, 0.1) is 6.54 Å². The highest BCUT2D eigenvalue weighted by Gasteiger charge is 2.16. The van der Waals surface area contributed by atoms with Crippen molar-refractivity contribution in [2.45, 2.75) is 13.5 Å². The average molecular weight is 386 g/mol. The molecule has 0 aliphatic rings. The molecule has 0 saturated carbocycles. The SMILES string of the molecule is CC(=O)Oc1ccc(C(=O)N(C)Cc2nc(-c3ccc(Cl)cc3)no2)cc1. The van der Waals surface area contributed by atoms with E-state index in [1.165, 1.54) is 11.8 Å². The van der Waals surface area contributed by atoms with Crippen molar-refractivity contribution in [3.8, 4) is 17.1 Å². The van der Waals surface area contributed by atoms with Crippen molar-refractivity contribution in [1.82, 2.24) is 15.0 Å². The van der Waals surface area contributed by atoms with Gasteiger partial charge in [-0.15, -0.1) is 0 Å². The van der Waals surface area contributed by atoms with Gasteiger partial charge >= 0.3 is 5.97 Å². The Morgan fingerprint density at radius 1 is 1.11 bits per heavy atom. The minimum absolute atomic E-state index is 0.158. The molecule has 2 aromatic carbocycles. The Morgan fingerprint density at radius 2 is 1.78 bits per heavy atom. The topological polar surface area (TPSA) is 85.5 Å². The predicted molar refractivity (Wildman–Crippen MR) is 98.3 cm³/mol. The number of ether oxygens (including phenoxy) is 1. The van der Waals surface area contributed by atoms with Gasteiger partial charge in [0.15, 0.2) is 0 Å². The van der Waals surface area contributed by atoms with Crippen molar-refractivity contribution in [3.63, 3.8) is 0 Å². The van der Waals surface area contributed by atoms with Crippen LogP contribution in [0.15, 0.2) is 53.1 Å². The molecule has 0 aliphatic carbocycles. The van der Waals surface area contributed by atoms with Crippen molar-refractivity contribution in [2.75, 3.05) is 7.05 Å². The number of hydrogen-bond donors (Lipinski definition) is 0. The van der Waals surface area contributed by atoms with Crippen molar-refractivity contribution >= 4 is 23.5 Å². The Balaban J connectivity index is 1.66. The van der Waals surface area contributed by atoms with Crippen LogP contribution in [0.5, 0.6) is 5.75 Å². The number of nitrogens with zero attached hydrogens (tertiary/aromatic N) is 3. The summed E-state index contributed by atoms with van der Waals surface area (Å²) in [6.07, 6.45) is 0. The minimum Gasteiger partial charge on any atom is -0.427 e. The van der Waals surface area contributed by atoms with Crippen LogP contribution in [0.25, 0.3) is 11.4 Å². The fourth-order valence-corrected chi connectivity index (χ4v) is 2.49. The second-order valence-electron chi connectivity index (χ2n) is 5.80. The molecule has 0 atom stereocenters. The zero-order valence-corrected chi connectivity index (χ0v) is 15.4. The quantitative estimate of drug-likeness (QED) is 0.493. The van der Waals surface area contributed by atoms with Crippen LogP contribution in [0, 0.1) is 0 Å². The van der Waals surface area contributed by atoms with E-state index >= 15 is 0 Å². The van der Waals surface area contributed by atoms with Crippen molar-refractivity contribution in [3.05, 3.63) is 65.0 Å². The molecule has 1 heterocycles. The molecule has 0 N–H and O–H groups in total. The summed E-state index contributed by atoms with van der Waals surface area (Å²) in [4.78, 5) is 29.2. The van der Waals surface area contributed by atoms with Gasteiger partial charge in [-0.3, -0.25) is 9.59 Å². The Kier molecular flexibility index (Phi) is 5.52. The molecule has 1 amide bonds. The first-order valence-electron chi connectivity index (χ1n) is 8.05. The van der Waals surface area contributed by atoms with Gasteiger partial charge in [0, 0.05) is 30.1 Å². The monoisotopic (exact) mass is 385 g/mol. The number of carbonyl (C=O) groups excluding carboxylic acids is 2. The highest BCUT2D eigenvalue weighted by molar-refractivity contribution is 6.30. The van der Waals surface area contributed by atoms with E-state index in [1.54, 1.807) is 55.6 Å². The Hall–Kier alpha value is -3.19. The number of benzene rings is 2. The van der Waals surface area contributed by atoms with Crippen molar-refractivity contribution in [2.24, 2.45) is 0 Å². The van der Waals surface area contributed by atoms with Gasteiger partial charge < -0.3 is 14.2 Å². The van der Waals surface area contributed by atoms with Gasteiger partial charge in [-0.05, 0) is 48.5 Å². The van der Waals surface area contributed by atoms with Crippen LogP contribution in [0.1, 0.15) is 23.2 Å². The zero-order chi connectivity index (χ0) is 19.4. The van der Waals surface area contributed by atoms with Crippen LogP contribution < -0.4 is 4.74 Å². The van der Waals surface area contributed by atoms with E-state index in [0.717, 1.165) is 5.56 Å². The molecule has 0 radical (unpaired) electrons. The summed E-state index contributed by atoms with van der Waals surface area (Å²) in [5.74, 6) is 0.474. The predicted octanol–water partition coefficient (Wildman–Crippen LogP) is 3.59. The first-order valence-corrected chi connectivity index (χ1v) is 8.42. The summed E-state index contributed by atoms with van der Waals surface area (Å²) in [5.41, 5.74) is 1.22. The molecule has 3 rings (SSSR count). The second kappa shape index (κ2) is 8.01. The fraction of sp³-hybridized carbons (Fsp3) is 0.158. The van der Waals surface area contributed by atoms with Crippen LogP contribution in [-0.2, 0) is 11.3 Å². The minimum atomic E-state index is -0.418. The van der Waals surface area contributed by atoms with Gasteiger partial charge in [0.2, 0.25) is 11.7 Å². The molecule has 0 spiro atoms. The molecule has 0 fully saturated rings. The second-order valence-corrected chi connectivity index (χ2v) is 6.23. The summed E-state index contributed by atoms with van der Waals surface area (Å²) < 4.78 is 10.2. The smallest absolute Gasteiger partial charge is 0.308 e. The molecule has 0 saturated heterocycles. The van der Waals surface area contributed by atoms with E-state index in [1.807, 2.05) is 0 Å². The lowest BCUT2D eigenvalue weighted by molar-refractivity contribution is -0.131. The highest BCUT2D eigenvalue weighted by Crippen LogP contribution is 2.19. The summed E-state index contributed by atoms with van der Waals surface area (Å²) in [6, 6.07) is 13.4. The van der Waals surface area contributed by atoms with Crippen LogP contribution in [0.3, 0.4) is 0 Å². The molecular formula is C19H16ClN3O4. The Morgan fingerprint density at radius 3 is 2.41 bits per heavy atom. The summed E-state index contributed by atoms with van der Waals surface area (Å²) >= 11 is 5.87. The normalized spacial score (nSPS) is 10.5. The van der Waals surface area contributed by atoms with Gasteiger partial charge in [-0.2, -0.15) is 4.98 Å². The highest BCUT2D eigenvalue weighted by atomic mass is 35.5. The molecule has 27 heavy (non-hydrogen) atoms. The third-order valence-corrected chi connectivity index (χ3v) is 3.90. The van der Waals surface area contributed by atoms with Crippen LogP contribution >= 0.6 is 11.6 Å². The first-order chi connectivity index (χ1) is 12.9. The third kappa shape index (κ3) is 4.71. The van der Waals surface area contributed by atoms with Crippen molar-refractivity contribution in [1.29, 1.82) is 0 Å². The van der Waals surface area contributed by atoms with E-state index in [-0.39, 0.29) is 12.5 Å². The number of carbonyl (C=O) groups is 2. The fourth-order valence-electron chi connectivity index (χ4n) is 2.36. The number of aromatic nitrogens is 2. The number of rotatable bonds is 5. The maximum atomic E-state index is 12.5. The molecule has 0 aliphatic heterocycles. The maximum Gasteiger partial charge on any atom is 0.308 e. The largest absolute Gasteiger partial charge is 0.427 e. The zero-order valence-electron chi connectivity index (χ0n) is 14.7. The molecule has 7 nitrogen and oxygen atoms in total. The lowest BCUT2D eigenvalue weighted by Crippen LogP contribution is -2.26. The lowest BCUT2D eigenvalue weighted by atomic mass is 10.2. The number of halogens is 1.